The van der Waals surface area contributed by atoms with Crippen molar-refractivity contribution in [2.45, 2.75) is 44.4 Å². The number of carbonyl (C=O) groups is 1. The Morgan fingerprint density at radius 3 is 2.88 bits per heavy atom. The molecule has 1 aromatic heterocycles. The summed E-state index contributed by atoms with van der Waals surface area (Å²) in [5.41, 5.74) is 1.90. The summed E-state index contributed by atoms with van der Waals surface area (Å²) in [6, 6.07) is 9.81. The Balaban J connectivity index is 1.64. The van der Waals surface area contributed by atoms with Crippen molar-refractivity contribution in [1.29, 1.82) is 0 Å². The molecule has 2 N–H and O–H groups in total. The standard InChI is InChI=1S/C17H20F2N4O/c18-15(19)11-23-10-12(9-21-23)8-20-14-6-7-16(24)22-17(14)13-4-2-1-3-5-13/h1-5,9-10,14-15,17,20H,6-8,11H2,(H,22,24)/t14-,17+/m1/s1. The van der Waals surface area contributed by atoms with Crippen molar-refractivity contribution in [3.05, 3.63) is 53.9 Å². The number of nitrogens with one attached hydrogen (secondary N) is 2. The summed E-state index contributed by atoms with van der Waals surface area (Å²) in [4.78, 5) is 11.7. The maximum Gasteiger partial charge on any atom is 0.257 e. The van der Waals surface area contributed by atoms with E-state index in [4.69, 9.17) is 0 Å². The van der Waals surface area contributed by atoms with E-state index in [2.05, 4.69) is 15.7 Å². The number of rotatable bonds is 6. The molecular formula is C17H20F2N4O. The minimum atomic E-state index is -2.42. The van der Waals surface area contributed by atoms with Crippen LogP contribution in [0, 0.1) is 0 Å². The van der Waals surface area contributed by atoms with Gasteiger partial charge in [0.05, 0.1) is 12.2 Å². The van der Waals surface area contributed by atoms with E-state index in [9.17, 15) is 13.6 Å². The lowest BCUT2D eigenvalue weighted by Gasteiger charge is -2.33. The van der Waals surface area contributed by atoms with E-state index in [0.29, 0.717) is 13.0 Å². The highest BCUT2D eigenvalue weighted by atomic mass is 19.3. The van der Waals surface area contributed by atoms with Gasteiger partial charge in [0.25, 0.3) is 6.43 Å². The van der Waals surface area contributed by atoms with Crippen molar-refractivity contribution in [1.82, 2.24) is 20.4 Å². The second-order valence-corrected chi connectivity index (χ2v) is 5.94. The molecule has 7 heteroatoms. The molecule has 0 aliphatic carbocycles. The minimum absolute atomic E-state index is 0.0478. The molecule has 0 radical (unpaired) electrons. The van der Waals surface area contributed by atoms with Crippen LogP contribution in [0.25, 0.3) is 0 Å². The maximum absolute atomic E-state index is 12.4. The van der Waals surface area contributed by atoms with Gasteiger partial charge >= 0.3 is 0 Å². The quantitative estimate of drug-likeness (QED) is 0.852. The molecule has 5 nitrogen and oxygen atoms in total. The Hall–Kier alpha value is -2.28. The van der Waals surface area contributed by atoms with E-state index in [1.165, 1.54) is 4.68 Å². The number of hydrogen-bond donors (Lipinski definition) is 2. The third kappa shape index (κ3) is 4.17. The fraction of sp³-hybridized carbons (Fsp3) is 0.412. The predicted octanol–water partition coefficient (Wildman–Crippen LogP) is 2.26. The first-order valence-electron chi connectivity index (χ1n) is 7.99. The summed E-state index contributed by atoms with van der Waals surface area (Å²) in [7, 11) is 0. The van der Waals surface area contributed by atoms with Crippen LogP contribution in [0.2, 0.25) is 0 Å². The van der Waals surface area contributed by atoms with Crippen molar-refractivity contribution in [2.24, 2.45) is 0 Å². The number of hydrogen-bond acceptors (Lipinski definition) is 3. The Labute approximate surface area is 139 Å². The minimum Gasteiger partial charge on any atom is -0.348 e. The van der Waals surface area contributed by atoms with Gasteiger partial charge in [-0.1, -0.05) is 30.3 Å². The smallest absolute Gasteiger partial charge is 0.257 e. The first-order chi connectivity index (χ1) is 11.6. The molecule has 128 valence electrons. The Bertz CT molecular complexity index is 674. The number of piperidine rings is 1. The van der Waals surface area contributed by atoms with Gasteiger partial charge in [-0.3, -0.25) is 9.48 Å². The number of halogens is 2. The van der Waals surface area contributed by atoms with Gasteiger partial charge in [-0.25, -0.2) is 8.78 Å². The normalized spacial score (nSPS) is 21.0. The van der Waals surface area contributed by atoms with Crippen LogP contribution < -0.4 is 10.6 Å². The molecule has 0 unspecified atom stereocenters. The van der Waals surface area contributed by atoms with Crippen molar-refractivity contribution in [3.8, 4) is 0 Å². The number of amides is 1. The van der Waals surface area contributed by atoms with E-state index >= 15 is 0 Å². The fourth-order valence-corrected chi connectivity index (χ4v) is 2.98. The van der Waals surface area contributed by atoms with E-state index in [1.54, 1.807) is 12.4 Å². The summed E-state index contributed by atoms with van der Waals surface area (Å²) >= 11 is 0. The van der Waals surface area contributed by atoms with Gasteiger partial charge in [0.1, 0.15) is 6.54 Å². The van der Waals surface area contributed by atoms with Crippen molar-refractivity contribution in [2.75, 3.05) is 0 Å². The summed E-state index contributed by atoms with van der Waals surface area (Å²) in [5, 5.41) is 10.4. The third-order valence-corrected chi connectivity index (χ3v) is 4.14. The van der Waals surface area contributed by atoms with Crippen molar-refractivity contribution >= 4 is 5.91 Å². The van der Waals surface area contributed by atoms with E-state index in [0.717, 1.165) is 17.5 Å². The fourth-order valence-electron chi connectivity index (χ4n) is 2.98. The molecule has 1 saturated heterocycles. The summed E-state index contributed by atoms with van der Waals surface area (Å²) in [6.07, 6.45) is 2.01. The molecule has 0 bridgehead atoms. The average Bonchev–Trinajstić information content (AvgIpc) is 3.01. The molecule has 1 aliphatic heterocycles. The van der Waals surface area contributed by atoms with Gasteiger partial charge in [0, 0.05) is 30.8 Å². The van der Waals surface area contributed by atoms with E-state index in [1.807, 2.05) is 30.3 Å². The molecule has 0 spiro atoms. The van der Waals surface area contributed by atoms with Crippen LogP contribution in [0.15, 0.2) is 42.7 Å². The predicted molar refractivity (Wildman–Crippen MR) is 85.4 cm³/mol. The van der Waals surface area contributed by atoms with Crippen LogP contribution in [0.1, 0.15) is 30.0 Å². The molecule has 1 aliphatic rings. The average molecular weight is 334 g/mol. The Kier molecular flexibility index (Phi) is 5.20. The van der Waals surface area contributed by atoms with Crippen LogP contribution in [-0.2, 0) is 17.9 Å². The van der Waals surface area contributed by atoms with Gasteiger partial charge in [-0.2, -0.15) is 5.10 Å². The lowest BCUT2D eigenvalue weighted by Crippen LogP contribution is -2.48. The number of benzene rings is 1. The maximum atomic E-state index is 12.4. The van der Waals surface area contributed by atoms with Crippen LogP contribution in [0.3, 0.4) is 0 Å². The van der Waals surface area contributed by atoms with Crippen LogP contribution in [-0.4, -0.2) is 28.2 Å². The van der Waals surface area contributed by atoms with Crippen LogP contribution in [0.5, 0.6) is 0 Å². The first kappa shape index (κ1) is 16.6. The Morgan fingerprint density at radius 2 is 2.12 bits per heavy atom. The van der Waals surface area contributed by atoms with Crippen LogP contribution in [0.4, 0.5) is 8.78 Å². The Morgan fingerprint density at radius 1 is 1.33 bits per heavy atom. The van der Waals surface area contributed by atoms with E-state index in [-0.39, 0.29) is 18.0 Å². The number of carbonyl (C=O) groups excluding carboxylic acids is 1. The zero-order chi connectivity index (χ0) is 16.9. The van der Waals surface area contributed by atoms with Gasteiger partial charge in [0.15, 0.2) is 0 Å². The van der Waals surface area contributed by atoms with Gasteiger partial charge in [-0.05, 0) is 12.0 Å². The largest absolute Gasteiger partial charge is 0.348 e. The monoisotopic (exact) mass is 334 g/mol. The molecule has 1 amide bonds. The topological polar surface area (TPSA) is 59.0 Å². The summed E-state index contributed by atoms with van der Waals surface area (Å²) in [6.45, 7) is 0.124. The first-order valence-corrected chi connectivity index (χ1v) is 7.99. The lowest BCUT2D eigenvalue weighted by molar-refractivity contribution is -0.123. The second-order valence-electron chi connectivity index (χ2n) is 5.94. The summed E-state index contributed by atoms with van der Waals surface area (Å²) < 4.78 is 26.0. The van der Waals surface area contributed by atoms with Gasteiger partial charge in [0.2, 0.25) is 5.91 Å². The molecule has 0 saturated carbocycles. The molecule has 1 fully saturated rings. The molecule has 2 atom stereocenters. The second kappa shape index (κ2) is 7.53. The number of aromatic nitrogens is 2. The van der Waals surface area contributed by atoms with Gasteiger partial charge in [-0.15, -0.1) is 0 Å². The molecule has 2 aromatic rings. The molecule has 3 rings (SSSR count). The molecular weight excluding hydrogens is 314 g/mol. The summed E-state index contributed by atoms with van der Waals surface area (Å²) in [5.74, 6) is 0.0478. The SMILES string of the molecule is O=C1CC[C@@H](NCc2cnn(CC(F)F)c2)[C@H](c2ccccc2)N1. The molecule has 1 aromatic carbocycles. The number of nitrogens with zero attached hydrogens (tertiary/aromatic N) is 2. The third-order valence-electron chi connectivity index (χ3n) is 4.14. The highest BCUT2D eigenvalue weighted by Gasteiger charge is 2.29. The highest BCUT2D eigenvalue weighted by Crippen LogP contribution is 2.24. The van der Waals surface area contributed by atoms with Gasteiger partial charge < -0.3 is 10.6 Å². The number of alkyl halides is 2. The molecule has 2 heterocycles. The molecule has 24 heavy (non-hydrogen) atoms. The van der Waals surface area contributed by atoms with Crippen LogP contribution >= 0.6 is 0 Å². The zero-order valence-electron chi connectivity index (χ0n) is 13.2. The van der Waals surface area contributed by atoms with E-state index < -0.39 is 13.0 Å². The van der Waals surface area contributed by atoms with Crippen molar-refractivity contribution in [3.63, 3.8) is 0 Å². The highest BCUT2D eigenvalue weighted by molar-refractivity contribution is 5.77. The lowest BCUT2D eigenvalue weighted by atomic mass is 9.92. The zero-order valence-corrected chi connectivity index (χ0v) is 13.2. The van der Waals surface area contributed by atoms with Crippen molar-refractivity contribution < 1.29 is 13.6 Å².